The quantitative estimate of drug-likeness (QED) is 0.881. The molecular formula is C12H18ClN3O2S2. The molecule has 2 unspecified atom stereocenters. The van der Waals surface area contributed by atoms with Gasteiger partial charge in [0.25, 0.3) is 0 Å². The molecule has 2 rings (SSSR count). The highest BCUT2D eigenvalue weighted by molar-refractivity contribution is 7.99. The summed E-state index contributed by atoms with van der Waals surface area (Å²) >= 11 is 7.62. The molecule has 8 heteroatoms. The molecule has 1 saturated carbocycles. The number of nitrogens with zero attached hydrogens (tertiary/aromatic N) is 1. The Hall–Kier alpha value is -0.500. The summed E-state index contributed by atoms with van der Waals surface area (Å²) in [7, 11) is -3.59. The Morgan fingerprint density at radius 2 is 2.25 bits per heavy atom. The molecule has 0 spiro atoms. The summed E-state index contributed by atoms with van der Waals surface area (Å²) < 4.78 is 27.3. The van der Waals surface area contributed by atoms with E-state index in [1.165, 1.54) is 12.3 Å². The van der Waals surface area contributed by atoms with Crippen molar-refractivity contribution in [3.63, 3.8) is 0 Å². The van der Waals surface area contributed by atoms with Crippen LogP contribution in [0.25, 0.3) is 0 Å². The molecule has 0 saturated heterocycles. The van der Waals surface area contributed by atoms with E-state index in [4.69, 9.17) is 17.3 Å². The predicted octanol–water partition coefficient (Wildman–Crippen LogP) is 2.27. The van der Waals surface area contributed by atoms with Crippen LogP contribution in [0.3, 0.4) is 0 Å². The number of nitrogens with two attached hydrogens (primary N) is 1. The molecule has 20 heavy (non-hydrogen) atoms. The van der Waals surface area contributed by atoms with E-state index in [2.05, 4.69) is 16.0 Å². The fourth-order valence-electron chi connectivity index (χ4n) is 2.33. The fraction of sp³-hybridized carbons (Fsp3) is 0.583. The van der Waals surface area contributed by atoms with Crippen LogP contribution in [-0.2, 0) is 10.0 Å². The standard InChI is InChI=1S/C12H18ClN3O2S2/c1-19-9-4-2-3-8(5-9)16-20(17,18)10-6-11(13)12(14)15-7-10/h6-9,16H,2-5H2,1H3,(H2,14,15). The van der Waals surface area contributed by atoms with Gasteiger partial charge in [0.2, 0.25) is 10.0 Å². The lowest BCUT2D eigenvalue weighted by atomic mass is 9.96. The van der Waals surface area contributed by atoms with Crippen molar-refractivity contribution in [1.29, 1.82) is 0 Å². The Balaban J connectivity index is 2.12. The lowest BCUT2D eigenvalue weighted by Gasteiger charge is -2.28. The van der Waals surface area contributed by atoms with Crippen LogP contribution in [0.2, 0.25) is 5.02 Å². The maximum Gasteiger partial charge on any atom is 0.242 e. The molecule has 2 atom stereocenters. The number of anilines is 1. The van der Waals surface area contributed by atoms with Crippen LogP contribution in [0.15, 0.2) is 17.2 Å². The molecule has 1 aliphatic carbocycles. The summed E-state index contributed by atoms with van der Waals surface area (Å²) in [6.45, 7) is 0. The summed E-state index contributed by atoms with van der Waals surface area (Å²) in [4.78, 5) is 3.85. The van der Waals surface area contributed by atoms with E-state index in [-0.39, 0.29) is 21.8 Å². The zero-order valence-electron chi connectivity index (χ0n) is 11.2. The van der Waals surface area contributed by atoms with Gasteiger partial charge < -0.3 is 5.73 Å². The van der Waals surface area contributed by atoms with Crippen LogP contribution in [0, 0.1) is 0 Å². The van der Waals surface area contributed by atoms with E-state index >= 15 is 0 Å². The molecule has 0 aliphatic heterocycles. The second kappa shape index (κ2) is 6.51. The van der Waals surface area contributed by atoms with Crippen LogP contribution >= 0.6 is 23.4 Å². The van der Waals surface area contributed by atoms with Gasteiger partial charge in [0.1, 0.15) is 10.7 Å². The number of nitrogens with one attached hydrogen (secondary N) is 1. The Morgan fingerprint density at radius 1 is 1.50 bits per heavy atom. The van der Waals surface area contributed by atoms with Gasteiger partial charge in [0, 0.05) is 17.5 Å². The normalized spacial score (nSPS) is 23.7. The summed E-state index contributed by atoms with van der Waals surface area (Å²) in [5, 5.41) is 0.670. The minimum Gasteiger partial charge on any atom is -0.382 e. The van der Waals surface area contributed by atoms with E-state index in [1.807, 2.05) is 0 Å². The highest BCUT2D eigenvalue weighted by atomic mass is 35.5. The fourth-order valence-corrected chi connectivity index (χ4v) is 4.64. The van der Waals surface area contributed by atoms with Gasteiger partial charge in [-0.2, -0.15) is 11.8 Å². The van der Waals surface area contributed by atoms with Crippen molar-refractivity contribution in [3.8, 4) is 0 Å². The summed E-state index contributed by atoms with van der Waals surface area (Å²) in [6, 6.07) is 1.31. The Labute approximate surface area is 128 Å². The number of nitrogen functional groups attached to an aromatic ring is 1. The lowest BCUT2D eigenvalue weighted by Crippen LogP contribution is -2.39. The molecule has 1 fully saturated rings. The van der Waals surface area contributed by atoms with Crippen LogP contribution in [0.1, 0.15) is 25.7 Å². The summed E-state index contributed by atoms with van der Waals surface area (Å²) in [5.41, 5.74) is 5.49. The van der Waals surface area contributed by atoms with Crippen molar-refractivity contribution < 1.29 is 8.42 Å². The molecule has 0 bridgehead atoms. The molecular weight excluding hydrogens is 318 g/mol. The second-order valence-electron chi connectivity index (χ2n) is 4.88. The van der Waals surface area contributed by atoms with Crippen molar-refractivity contribution in [1.82, 2.24) is 9.71 Å². The third-order valence-corrected chi connectivity index (χ3v) is 6.32. The molecule has 1 aromatic heterocycles. The van der Waals surface area contributed by atoms with Crippen molar-refractivity contribution >= 4 is 39.2 Å². The van der Waals surface area contributed by atoms with Gasteiger partial charge in [-0.05, 0) is 31.6 Å². The predicted molar refractivity (Wildman–Crippen MR) is 83.5 cm³/mol. The average molecular weight is 336 g/mol. The smallest absolute Gasteiger partial charge is 0.242 e. The van der Waals surface area contributed by atoms with E-state index in [0.29, 0.717) is 5.25 Å². The van der Waals surface area contributed by atoms with Gasteiger partial charge in [-0.25, -0.2) is 18.1 Å². The number of hydrogen-bond acceptors (Lipinski definition) is 5. The number of thioether (sulfide) groups is 1. The van der Waals surface area contributed by atoms with Crippen LogP contribution in [0.4, 0.5) is 5.82 Å². The van der Waals surface area contributed by atoms with Crippen LogP contribution < -0.4 is 10.5 Å². The van der Waals surface area contributed by atoms with Gasteiger partial charge in [0.05, 0.1) is 5.02 Å². The molecule has 1 aliphatic rings. The van der Waals surface area contributed by atoms with Crippen molar-refractivity contribution in [2.75, 3.05) is 12.0 Å². The van der Waals surface area contributed by atoms with E-state index in [1.54, 1.807) is 11.8 Å². The maximum atomic E-state index is 12.3. The summed E-state index contributed by atoms with van der Waals surface area (Å²) in [6.07, 6.45) is 7.21. The number of halogens is 1. The number of hydrogen-bond donors (Lipinski definition) is 2. The third-order valence-electron chi connectivity index (χ3n) is 3.44. The summed E-state index contributed by atoms with van der Waals surface area (Å²) in [5.74, 6) is 0.130. The first-order valence-corrected chi connectivity index (χ1v) is 9.53. The minimum atomic E-state index is -3.59. The zero-order chi connectivity index (χ0) is 14.8. The van der Waals surface area contributed by atoms with E-state index in [0.717, 1.165) is 25.7 Å². The number of sulfonamides is 1. The maximum absolute atomic E-state index is 12.3. The van der Waals surface area contributed by atoms with E-state index in [9.17, 15) is 8.42 Å². The van der Waals surface area contributed by atoms with Gasteiger partial charge in [-0.3, -0.25) is 0 Å². The SMILES string of the molecule is CSC1CCCC(NS(=O)(=O)c2cnc(N)c(Cl)c2)C1. The Kier molecular flexibility index (Phi) is 5.17. The van der Waals surface area contributed by atoms with Crippen molar-refractivity contribution in [2.24, 2.45) is 0 Å². The average Bonchev–Trinajstić information content (AvgIpc) is 2.41. The monoisotopic (exact) mass is 335 g/mol. The topological polar surface area (TPSA) is 85.1 Å². The van der Waals surface area contributed by atoms with Gasteiger partial charge in [-0.1, -0.05) is 18.0 Å². The number of aromatic nitrogens is 1. The van der Waals surface area contributed by atoms with Gasteiger partial charge in [0.15, 0.2) is 0 Å². The lowest BCUT2D eigenvalue weighted by molar-refractivity contribution is 0.420. The highest BCUT2D eigenvalue weighted by Gasteiger charge is 2.26. The number of pyridine rings is 1. The molecule has 112 valence electrons. The van der Waals surface area contributed by atoms with Crippen molar-refractivity contribution in [2.45, 2.75) is 41.9 Å². The Morgan fingerprint density at radius 3 is 2.90 bits per heavy atom. The second-order valence-corrected chi connectivity index (χ2v) is 8.14. The Bertz CT molecular complexity index is 580. The first kappa shape index (κ1) is 15.9. The third kappa shape index (κ3) is 3.78. The van der Waals surface area contributed by atoms with Gasteiger partial charge in [-0.15, -0.1) is 0 Å². The van der Waals surface area contributed by atoms with E-state index < -0.39 is 10.0 Å². The van der Waals surface area contributed by atoms with Gasteiger partial charge >= 0.3 is 0 Å². The van der Waals surface area contributed by atoms with Crippen LogP contribution in [-0.4, -0.2) is 30.9 Å². The minimum absolute atomic E-state index is 0.0254. The molecule has 0 radical (unpaired) electrons. The highest BCUT2D eigenvalue weighted by Crippen LogP contribution is 2.28. The number of rotatable bonds is 4. The largest absolute Gasteiger partial charge is 0.382 e. The molecule has 0 aromatic carbocycles. The molecule has 1 aromatic rings. The van der Waals surface area contributed by atoms with Crippen molar-refractivity contribution in [3.05, 3.63) is 17.3 Å². The first-order valence-electron chi connectivity index (χ1n) is 6.38. The first-order chi connectivity index (χ1) is 9.42. The molecule has 5 nitrogen and oxygen atoms in total. The van der Waals surface area contributed by atoms with Crippen LogP contribution in [0.5, 0.6) is 0 Å². The zero-order valence-corrected chi connectivity index (χ0v) is 13.6. The molecule has 0 amide bonds. The molecule has 3 N–H and O–H groups in total. The molecule has 1 heterocycles.